The average molecular weight is 215 g/mol. The highest BCUT2D eigenvalue weighted by atomic mass is 19.1. The van der Waals surface area contributed by atoms with Crippen molar-refractivity contribution in [2.45, 2.75) is 43.9 Å². The van der Waals surface area contributed by atoms with Crippen LogP contribution in [0.25, 0.3) is 0 Å². The van der Waals surface area contributed by atoms with Gasteiger partial charge in [0, 0.05) is 6.54 Å². The quantitative estimate of drug-likeness (QED) is 0.651. The molecule has 2 aliphatic rings. The van der Waals surface area contributed by atoms with Crippen LogP contribution in [-0.2, 0) is 0 Å². The minimum absolute atomic E-state index is 0.342. The van der Waals surface area contributed by atoms with Crippen LogP contribution in [0.4, 0.5) is 4.39 Å². The van der Waals surface area contributed by atoms with Crippen LogP contribution in [0.3, 0.4) is 0 Å². The van der Waals surface area contributed by atoms with E-state index in [0.29, 0.717) is 25.6 Å². The molecule has 0 aromatic rings. The van der Waals surface area contributed by atoms with Gasteiger partial charge in [0.2, 0.25) is 0 Å². The monoisotopic (exact) mass is 215 g/mol. The topological polar surface area (TPSA) is 36.1 Å². The van der Waals surface area contributed by atoms with E-state index in [1.54, 1.807) is 0 Å². The van der Waals surface area contributed by atoms with E-state index in [1.165, 1.54) is 6.42 Å². The van der Waals surface area contributed by atoms with Crippen molar-refractivity contribution in [1.29, 1.82) is 0 Å². The number of rotatable bonds is 3. The van der Waals surface area contributed by atoms with Crippen LogP contribution in [0.5, 0.6) is 0 Å². The van der Waals surface area contributed by atoms with Crippen LogP contribution >= 0.6 is 0 Å². The van der Waals surface area contributed by atoms with Gasteiger partial charge in [0.05, 0.1) is 6.17 Å². The summed E-state index contributed by atoms with van der Waals surface area (Å²) in [6.07, 6.45) is 4.98. The smallest absolute Gasteiger partial charge is 0.124 e. The number of hydrogen-bond donors (Lipinski definition) is 3. The highest BCUT2D eigenvalue weighted by molar-refractivity contribution is 4.87. The van der Waals surface area contributed by atoms with Crippen molar-refractivity contribution in [3.05, 3.63) is 0 Å². The summed E-state index contributed by atoms with van der Waals surface area (Å²) in [5, 5.41) is 9.89. The van der Waals surface area contributed by atoms with Crippen molar-refractivity contribution >= 4 is 0 Å². The van der Waals surface area contributed by atoms with Gasteiger partial charge in [-0.1, -0.05) is 0 Å². The van der Waals surface area contributed by atoms with Gasteiger partial charge in [-0.2, -0.15) is 0 Å². The summed E-state index contributed by atoms with van der Waals surface area (Å²) < 4.78 is 14.4. The third-order valence-electron chi connectivity index (χ3n) is 3.45. The summed E-state index contributed by atoms with van der Waals surface area (Å²) in [6.45, 7) is 3.36. The largest absolute Gasteiger partial charge is 0.317 e. The second-order valence-electron chi connectivity index (χ2n) is 4.78. The van der Waals surface area contributed by atoms with Crippen molar-refractivity contribution in [1.82, 2.24) is 16.0 Å². The molecule has 0 saturated carbocycles. The van der Waals surface area contributed by atoms with Crippen LogP contribution in [0.15, 0.2) is 0 Å². The molecule has 3 N–H and O–H groups in total. The SMILES string of the molecule is FC1(CNC2CCCN2)CCCNCC1. The van der Waals surface area contributed by atoms with E-state index in [4.69, 9.17) is 0 Å². The fraction of sp³-hybridized carbons (Fsp3) is 1.00. The van der Waals surface area contributed by atoms with E-state index < -0.39 is 5.67 Å². The Morgan fingerprint density at radius 2 is 2.13 bits per heavy atom. The summed E-state index contributed by atoms with van der Waals surface area (Å²) in [7, 11) is 0. The molecule has 0 aromatic heterocycles. The Hall–Kier alpha value is -0.190. The zero-order chi connectivity index (χ0) is 10.6. The lowest BCUT2D eigenvalue weighted by Gasteiger charge is -2.25. The molecule has 0 spiro atoms. The Kier molecular flexibility index (Phi) is 3.94. The van der Waals surface area contributed by atoms with Gasteiger partial charge in [0.15, 0.2) is 0 Å². The fourth-order valence-corrected chi connectivity index (χ4v) is 2.43. The number of nitrogens with one attached hydrogen (secondary N) is 3. The van der Waals surface area contributed by atoms with Gasteiger partial charge >= 0.3 is 0 Å². The highest BCUT2D eigenvalue weighted by Crippen LogP contribution is 2.23. The molecule has 2 fully saturated rings. The van der Waals surface area contributed by atoms with E-state index in [9.17, 15) is 4.39 Å². The number of hydrogen-bond acceptors (Lipinski definition) is 3. The molecule has 15 heavy (non-hydrogen) atoms. The summed E-state index contributed by atoms with van der Waals surface area (Å²) in [5.41, 5.74) is -0.992. The van der Waals surface area contributed by atoms with Gasteiger partial charge in [0.1, 0.15) is 5.67 Å². The molecule has 2 atom stereocenters. The molecule has 2 rings (SSSR count). The predicted octanol–water partition coefficient (Wildman–Crippen LogP) is 0.767. The van der Waals surface area contributed by atoms with Crippen LogP contribution < -0.4 is 16.0 Å². The Morgan fingerprint density at radius 3 is 2.93 bits per heavy atom. The van der Waals surface area contributed by atoms with E-state index in [1.807, 2.05) is 0 Å². The minimum Gasteiger partial charge on any atom is -0.317 e. The minimum atomic E-state index is -0.992. The molecule has 2 unspecified atom stereocenters. The van der Waals surface area contributed by atoms with Crippen molar-refractivity contribution in [3.8, 4) is 0 Å². The lowest BCUT2D eigenvalue weighted by atomic mass is 9.97. The zero-order valence-electron chi connectivity index (χ0n) is 9.32. The van der Waals surface area contributed by atoms with Crippen molar-refractivity contribution in [2.24, 2.45) is 0 Å². The third-order valence-corrected chi connectivity index (χ3v) is 3.45. The maximum atomic E-state index is 14.4. The summed E-state index contributed by atoms with van der Waals surface area (Å²) in [4.78, 5) is 0. The summed E-state index contributed by atoms with van der Waals surface area (Å²) >= 11 is 0. The van der Waals surface area contributed by atoms with Crippen LogP contribution in [0, 0.1) is 0 Å². The molecule has 88 valence electrons. The lowest BCUT2D eigenvalue weighted by molar-refractivity contribution is 0.135. The zero-order valence-corrected chi connectivity index (χ0v) is 9.32. The number of alkyl halides is 1. The molecule has 0 radical (unpaired) electrons. The van der Waals surface area contributed by atoms with Gasteiger partial charge in [-0.15, -0.1) is 0 Å². The van der Waals surface area contributed by atoms with E-state index >= 15 is 0 Å². The van der Waals surface area contributed by atoms with E-state index in [-0.39, 0.29) is 0 Å². The van der Waals surface area contributed by atoms with Gasteiger partial charge in [-0.05, 0) is 51.7 Å². The van der Waals surface area contributed by atoms with Crippen LogP contribution in [0.1, 0.15) is 32.1 Å². The van der Waals surface area contributed by atoms with Crippen molar-refractivity contribution < 1.29 is 4.39 Å². The van der Waals surface area contributed by atoms with Crippen LogP contribution in [0.2, 0.25) is 0 Å². The van der Waals surface area contributed by atoms with Gasteiger partial charge in [-0.3, -0.25) is 5.32 Å². The molecular formula is C11H22FN3. The lowest BCUT2D eigenvalue weighted by Crippen LogP contribution is -2.45. The molecule has 2 aliphatic heterocycles. The second-order valence-corrected chi connectivity index (χ2v) is 4.78. The maximum absolute atomic E-state index is 14.4. The standard InChI is InChI=1S/C11H22FN3/c12-11(4-2-6-13-8-5-11)9-15-10-3-1-7-14-10/h10,13-15H,1-9H2. The summed E-state index contributed by atoms with van der Waals surface area (Å²) in [5.74, 6) is 0. The van der Waals surface area contributed by atoms with Crippen molar-refractivity contribution in [3.63, 3.8) is 0 Å². The van der Waals surface area contributed by atoms with Crippen LogP contribution in [-0.4, -0.2) is 38.0 Å². The Morgan fingerprint density at radius 1 is 1.20 bits per heavy atom. The molecule has 0 aromatic carbocycles. The summed E-state index contributed by atoms with van der Waals surface area (Å²) in [6, 6.07) is 0. The first-order chi connectivity index (χ1) is 7.29. The molecule has 4 heteroatoms. The second kappa shape index (κ2) is 5.23. The van der Waals surface area contributed by atoms with Crippen molar-refractivity contribution in [2.75, 3.05) is 26.2 Å². The molecule has 0 amide bonds. The molecule has 2 saturated heterocycles. The molecule has 2 heterocycles. The average Bonchev–Trinajstić information content (AvgIpc) is 2.65. The fourth-order valence-electron chi connectivity index (χ4n) is 2.43. The molecular weight excluding hydrogens is 193 g/mol. The molecule has 0 aliphatic carbocycles. The predicted molar refractivity (Wildman–Crippen MR) is 59.6 cm³/mol. The molecule has 3 nitrogen and oxygen atoms in total. The normalized spacial score (nSPS) is 37.8. The van der Waals surface area contributed by atoms with Gasteiger partial charge < -0.3 is 10.6 Å². The first-order valence-corrected chi connectivity index (χ1v) is 6.15. The Labute approximate surface area is 91.2 Å². The Balaban J connectivity index is 1.75. The highest BCUT2D eigenvalue weighted by Gasteiger charge is 2.31. The third kappa shape index (κ3) is 3.40. The number of halogens is 1. The Bertz CT molecular complexity index is 184. The maximum Gasteiger partial charge on any atom is 0.124 e. The van der Waals surface area contributed by atoms with Gasteiger partial charge in [-0.25, -0.2) is 4.39 Å². The van der Waals surface area contributed by atoms with Gasteiger partial charge in [0.25, 0.3) is 0 Å². The van der Waals surface area contributed by atoms with E-state index in [2.05, 4.69) is 16.0 Å². The first-order valence-electron chi connectivity index (χ1n) is 6.15. The first kappa shape index (κ1) is 11.3. The van der Waals surface area contributed by atoms with E-state index in [0.717, 1.165) is 32.5 Å². The molecule has 0 bridgehead atoms.